The predicted octanol–water partition coefficient (Wildman–Crippen LogP) is 5.97. The summed E-state index contributed by atoms with van der Waals surface area (Å²) in [7, 11) is 3.21. The summed E-state index contributed by atoms with van der Waals surface area (Å²) in [5, 5.41) is 1.26. The SMILES string of the molecule is COCC(C#CC(N)c1nc(-c2cc(C)c(OC)cc2Cl)c(C)s1)c1ccc(C)c(F)c1. The molecule has 0 amide bonds. The minimum atomic E-state index is -0.583. The highest BCUT2D eigenvalue weighted by molar-refractivity contribution is 7.12. The summed E-state index contributed by atoms with van der Waals surface area (Å²) in [5.41, 5.74) is 10.3. The van der Waals surface area contributed by atoms with Crippen LogP contribution in [0.2, 0.25) is 5.02 Å². The zero-order valence-electron chi connectivity index (χ0n) is 18.8. The minimum Gasteiger partial charge on any atom is -0.496 e. The summed E-state index contributed by atoms with van der Waals surface area (Å²) in [6.45, 7) is 6.01. The topological polar surface area (TPSA) is 57.4 Å². The highest BCUT2D eigenvalue weighted by atomic mass is 35.5. The number of benzene rings is 2. The summed E-state index contributed by atoms with van der Waals surface area (Å²) in [6, 6.07) is 8.28. The summed E-state index contributed by atoms with van der Waals surface area (Å²) >= 11 is 7.97. The molecular weight excluding hydrogens is 447 g/mol. The van der Waals surface area contributed by atoms with Crippen molar-refractivity contribution in [2.45, 2.75) is 32.7 Å². The van der Waals surface area contributed by atoms with Gasteiger partial charge in [-0.2, -0.15) is 0 Å². The predicted molar refractivity (Wildman–Crippen MR) is 129 cm³/mol. The number of aromatic nitrogens is 1. The molecule has 7 heteroatoms. The third kappa shape index (κ3) is 5.31. The van der Waals surface area contributed by atoms with E-state index in [0.717, 1.165) is 33.0 Å². The molecule has 0 saturated carbocycles. The van der Waals surface area contributed by atoms with Crippen molar-refractivity contribution in [3.05, 3.63) is 67.7 Å². The lowest BCUT2D eigenvalue weighted by atomic mass is 9.98. The Morgan fingerprint density at radius 1 is 1.12 bits per heavy atom. The molecule has 0 aliphatic carbocycles. The summed E-state index contributed by atoms with van der Waals surface area (Å²) in [4.78, 5) is 5.73. The Labute approximate surface area is 197 Å². The number of rotatable bonds is 6. The molecule has 0 bridgehead atoms. The van der Waals surface area contributed by atoms with E-state index in [1.165, 1.54) is 17.4 Å². The van der Waals surface area contributed by atoms with E-state index in [9.17, 15) is 4.39 Å². The van der Waals surface area contributed by atoms with Crippen LogP contribution in [0.3, 0.4) is 0 Å². The molecule has 2 atom stereocenters. The lowest BCUT2D eigenvalue weighted by Gasteiger charge is -2.11. The summed E-state index contributed by atoms with van der Waals surface area (Å²) in [6.07, 6.45) is 0. The molecule has 1 heterocycles. The van der Waals surface area contributed by atoms with E-state index in [1.807, 2.05) is 26.0 Å². The fourth-order valence-corrected chi connectivity index (χ4v) is 4.46. The molecule has 0 fully saturated rings. The van der Waals surface area contributed by atoms with Gasteiger partial charge in [0.25, 0.3) is 0 Å². The Bertz CT molecular complexity index is 1180. The lowest BCUT2D eigenvalue weighted by molar-refractivity contribution is 0.193. The fraction of sp³-hybridized carbons (Fsp3) is 0.320. The zero-order valence-corrected chi connectivity index (χ0v) is 20.3. The Morgan fingerprint density at radius 3 is 2.53 bits per heavy atom. The maximum Gasteiger partial charge on any atom is 0.126 e. The van der Waals surface area contributed by atoms with E-state index in [2.05, 4.69) is 11.8 Å². The Hall–Kier alpha value is -2.43. The van der Waals surface area contributed by atoms with Crippen molar-refractivity contribution < 1.29 is 13.9 Å². The van der Waals surface area contributed by atoms with Crippen molar-refractivity contribution in [1.82, 2.24) is 4.98 Å². The number of nitrogens with two attached hydrogens (primary N) is 1. The van der Waals surface area contributed by atoms with Crippen molar-refractivity contribution in [2.75, 3.05) is 20.8 Å². The maximum atomic E-state index is 14.0. The standard InChI is InChI=1S/C25H26ClFN2O2S/c1-14-6-7-17(11-21(14)27)18(13-30-4)8-9-22(28)25-29-24(16(3)32-25)19-10-15(2)23(31-5)12-20(19)26/h6-7,10-12,18,22H,13,28H2,1-5H3. The highest BCUT2D eigenvalue weighted by Gasteiger charge is 2.18. The van der Waals surface area contributed by atoms with Crippen LogP contribution >= 0.6 is 22.9 Å². The number of nitrogens with zero attached hydrogens (tertiary/aromatic N) is 1. The normalized spacial score (nSPS) is 12.8. The molecule has 0 aliphatic rings. The average molecular weight is 473 g/mol. The molecule has 0 aliphatic heterocycles. The quantitative estimate of drug-likeness (QED) is 0.449. The van der Waals surface area contributed by atoms with Crippen molar-refractivity contribution in [3.63, 3.8) is 0 Å². The van der Waals surface area contributed by atoms with E-state index in [4.69, 9.17) is 31.8 Å². The van der Waals surface area contributed by atoms with Gasteiger partial charge in [0.1, 0.15) is 22.6 Å². The maximum absolute atomic E-state index is 14.0. The molecule has 168 valence electrons. The molecule has 2 aromatic carbocycles. The first-order valence-corrected chi connectivity index (χ1v) is 11.3. The van der Waals surface area contributed by atoms with Crippen LogP contribution in [-0.2, 0) is 4.74 Å². The second kappa shape index (κ2) is 10.5. The number of methoxy groups -OCH3 is 2. The van der Waals surface area contributed by atoms with Crippen molar-refractivity contribution >= 4 is 22.9 Å². The van der Waals surface area contributed by atoms with Gasteiger partial charge in [0.05, 0.1) is 30.4 Å². The second-order valence-corrected chi connectivity index (χ2v) is 9.18. The van der Waals surface area contributed by atoms with Crippen LogP contribution in [0.4, 0.5) is 4.39 Å². The zero-order chi connectivity index (χ0) is 23.4. The Kier molecular flexibility index (Phi) is 7.91. The Balaban J connectivity index is 1.90. The number of aryl methyl sites for hydroxylation is 3. The van der Waals surface area contributed by atoms with Gasteiger partial charge in [0, 0.05) is 17.6 Å². The molecular formula is C25H26ClFN2O2S. The second-order valence-electron chi connectivity index (χ2n) is 7.54. The van der Waals surface area contributed by atoms with Gasteiger partial charge in [-0.15, -0.1) is 11.3 Å². The largest absolute Gasteiger partial charge is 0.496 e. The molecule has 2 unspecified atom stereocenters. The van der Waals surface area contributed by atoms with Crippen LogP contribution in [0.1, 0.15) is 38.5 Å². The van der Waals surface area contributed by atoms with Gasteiger partial charge in [0.15, 0.2) is 0 Å². The van der Waals surface area contributed by atoms with Crippen molar-refractivity contribution in [1.29, 1.82) is 0 Å². The van der Waals surface area contributed by atoms with Crippen LogP contribution in [0.25, 0.3) is 11.3 Å². The van der Waals surface area contributed by atoms with Gasteiger partial charge in [-0.25, -0.2) is 9.37 Å². The first-order valence-electron chi connectivity index (χ1n) is 10.1. The number of halogens is 2. The van der Waals surface area contributed by atoms with E-state index < -0.39 is 6.04 Å². The number of hydrogen-bond donors (Lipinski definition) is 1. The van der Waals surface area contributed by atoms with Crippen LogP contribution in [0.5, 0.6) is 5.75 Å². The van der Waals surface area contributed by atoms with E-state index in [1.54, 1.807) is 33.3 Å². The van der Waals surface area contributed by atoms with Crippen molar-refractivity contribution in [2.24, 2.45) is 5.73 Å². The summed E-state index contributed by atoms with van der Waals surface area (Å²) < 4.78 is 24.6. The summed E-state index contributed by atoms with van der Waals surface area (Å²) in [5.74, 6) is 6.39. The molecule has 0 saturated heterocycles. The molecule has 32 heavy (non-hydrogen) atoms. The van der Waals surface area contributed by atoms with Gasteiger partial charge in [-0.1, -0.05) is 35.6 Å². The third-order valence-electron chi connectivity index (χ3n) is 5.16. The van der Waals surface area contributed by atoms with E-state index in [0.29, 0.717) is 22.2 Å². The van der Waals surface area contributed by atoms with E-state index >= 15 is 0 Å². The van der Waals surface area contributed by atoms with Gasteiger partial charge in [0.2, 0.25) is 0 Å². The van der Waals surface area contributed by atoms with Crippen molar-refractivity contribution in [3.8, 4) is 28.8 Å². The number of ether oxygens (including phenoxy) is 2. The third-order valence-corrected chi connectivity index (χ3v) is 6.53. The van der Waals surface area contributed by atoms with Crippen LogP contribution in [0, 0.1) is 38.4 Å². The monoisotopic (exact) mass is 472 g/mol. The molecule has 1 aromatic heterocycles. The van der Waals surface area contributed by atoms with Gasteiger partial charge in [-0.05, 0) is 55.7 Å². The van der Waals surface area contributed by atoms with Crippen LogP contribution in [-0.4, -0.2) is 25.8 Å². The first-order chi connectivity index (χ1) is 15.2. The number of thiazole rings is 1. The number of hydrogen-bond acceptors (Lipinski definition) is 5. The van der Waals surface area contributed by atoms with Crippen LogP contribution < -0.4 is 10.5 Å². The highest BCUT2D eigenvalue weighted by Crippen LogP contribution is 2.37. The molecule has 0 spiro atoms. The molecule has 0 radical (unpaired) electrons. The average Bonchev–Trinajstić information content (AvgIpc) is 3.15. The van der Waals surface area contributed by atoms with Gasteiger partial charge < -0.3 is 15.2 Å². The van der Waals surface area contributed by atoms with E-state index in [-0.39, 0.29) is 11.7 Å². The molecule has 4 nitrogen and oxygen atoms in total. The molecule has 3 aromatic rings. The smallest absolute Gasteiger partial charge is 0.126 e. The minimum absolute atomic E-state index is 0.262. The van der Waals surface area contributed by atoms with Gasteiger partial charge >= 0.3 is 0 Å². The molecule has 3 rings (SSSR count). The first kappa shape index (κ1) is 24.2. The van der Waals surface area contributed by atoms with Gasteiger partial charge in [-0.3, -0.25) is 0 Å². The lowest BCUT2D eigenvalue weighted by Crippen LogP contribution is -2.09. The van der Waals surface area contributed by atoms with Crippen LogP contribution in [0.15, 0.2) is 30.3 Å². The Morgan fingerprint density at radius 2 is 1.88 bits per heavy atom. The fourth-order valence-electron chi connectivity index (χ4n) is 3.33. The molecule has 2 N–H and O–H groups in total.